The highest BCUT2D eigenvalue weighted by molar-refractivity contribution is 6.34. The summed E-state index contributed by atoms with van der Waals surface area (Å²) >= 11 is 5.80. The molecule has 0 heterocycles. The Bertz CT molecular complexity index is 549. The molecule has 0 spiro atoms. The fourth-order valence-corrected chi connectivity index (χ4v) is 1.58. The number of carboxylic acids is 1. The number of carbonyl (C=O) groups excluding carboxylic acids is 1. The molecule has 9 heteroatoms. The number of halogens is 4. The molecule has 0 aliphatic carbocycles. The number of alkyl halides is 3. The van der Waals surface area contributed by atoms with Crippen LogP contribution >= 0.6 is 11.6 Å². The van der Waals surface area contributed by atoms with Crippen molar-refractivity contribution < 1.29 is 27.9 Å². The number of benzene rings is 1. The Hall–Kier alpha value is -1.96. The molecule has 116 valence electrons. The molecule has 0 unspecified atom stereocenters. The van der Waals surface area contributed by atoms with Crippen LogP contribution in [0.1, 0.15) is 16.8 Å². The van der Waals surface area contributed by atoms with Crippen molar-refractivity contribution in [1.82, 2.24) is 4.90 Å². The van der Waals surface area contributed by atoms with E-state index in [1.54, 1.807) is 0 Å². The van der Waals surface area contributed by atoms with Crippen LogP contribution in [0.4, 0.5) is 23.7 Å². The summed E-state index contributed by atoms with van der Waals surface area (Å²) in [5, 5.41) is 11.0. The number of carbonyl (C=O) groups is 2. The van der Waals surface area contributed by atoms with Crippen LogP contribution in [0.15, 0.2) is 18.2 Å². The molecule has 2 N–H and O–H groups in total. The maximum absolute atomic E-state index is 12.1. The average Bonchev–Trinajstić information content (AvgIpc) is 2.37. The highest BCUT2D eigenvalue weighted by Crippen LogP contribution is 2.24. The first-order valence-corrected chi connectivity index (χ1v) is 6.09. The summed E-state index contributed by atoms with van der Waals surface area (Å²) in [5.74, 6) is -1.18. The Kier molecular flexibility index (Phi) is 5.42. The number of rotatable bonds is 4. The Morgan fingerprint density at radius 2 is 2.00 bits per heavy atom. The third-order valence-corrected chi connectivity index (χ3v) is 2.85. The van der Waals surface area contributed by atoms with Crippen molar-refractivity contribution in [3.8, 4) is 0 Å². The average molecular weight is 325 g/mol. The van der Waals surface area contributed by atoms with Gasteiger partial charge in [-0.1, -0.05) is 11.6 Å². The second-order valence-electron chi connectivity index (χ2n) is 4.22. The van der Waals surface area contributed by atoms with E-state index in [9.17, 15) is 22.8 Å². The van der Waals surface area contributed by atoms with E-state index in [-0.39, 0.29) is 16.3 Å². The van der Waals surface area contributed by atoms with Crippen LogP contribution in [0.2, 0.25) is 5.02 Å². The van der Waals surface area contributed by atoms with Gasteiger partial charge in [0.25, 0.3) is 0 Å². The van der Waals surface area contributed by atoms with E-state index in [0.717, 1.165) is 11.0 Å². The van der Waals surface area contributed by atoms with Crippen LogP contribution in [0.5, 0.6) is 0 Å². The summed E-state index contributed by atoms with van der Waals surface area (Å²) in [7, 11) is 1.21. The molecule has 2 amide bonds. The number of aromatic carboxylic acids is 1. The van der Waals surface area contributed by atoms with Crippen molar-refractivity contribution in [1.29, 1.82) is 0 Å². The second-order valence-corrected chi connectivity index (χ2v) is 4.62. The number of urea groups is 1. The molecule has 21 heavy (non-hydrogen) atoms. The van der Waals surface area contributed by atoms with E-state index in [0.29, 0.717) is 0 Å². The standard InChI is InChI=1S/C12H12ClF3N2O3/c1-18(5-4-12(14,15)16)11(21)17-9-3-2-7(10(19)20)6-8(9)13/h2-3,6H,4-5H2,1H3,(H,17,21)(H,19,20). The van der Waals surface area contributed by atoms with Gasteiger partial charge in [-0.2, -0.15) is 13.2 Å². The molecule has 0 saturated heterocycles. The Morgan fingerprint density at radius 3 is 2.48 bits per heavy atom. The lowest BCUT2D eigenvalue weighted by atomic mass is 10.2. The summed E-state index contributed by atoms with van der Waals surface area (Å²) in [4.78, 5) is 23.2. The minimum Gasteiger partial charge on any atom is -0.478 e. The van der Waals surface area contributed by atoms with Crippen LogP contribution in [-0.2, 0) is 0 Å². The second kappa shape index (κ2) is 6.66. The molecule has 0 radical (unpaired) electrons. The SMILES string of the molecule is CN(CCC(F)(F)F)C(=O)Nc1ccc(C(=O)O)cc1Cl. The van der Waals surface area contributed by atoms with Gasteiger partial charge in [-0.05, 0) is 18.2 Å². The molecular formula is C12H12ClF3N2O3. The van der Waals surface area contributed by atoms with E-state index >= 15 is 0 Å². The zero-order valence-electron chi connectivity index (χ0n) is 10.9. The van der Waals surface area contributed by atoms with Crippen molar-refractivity contribution in [3.63, 3.8) is 0 Å². The monoisotopic (exact) mass is 324 g/mol. The van der Waals surface area contributed by atoms with E-state index in [1.165, 1.54) is 19.2 Å². The molecule has 0 atom stereocenters. The van der Waals surface area contributed by atoms with Gasteiger partial charge >= 0.3 is 18.2 Å². The van der Waals surface area contributed by atoms with E-state index < -0.39 is 31.1 Å². The molecule has 0 aromatic heterocycles. The maximum Gasteiger partial charge on any atom is 0.390 e. The molecule has 0 fully saturated rings. The lowest BCUT2D eigenvalue weighted by molar-refractivity contribution is -0.135. The lowest BCUT2D eigenvalue weighted by Crippen LogP contribution is -2.34. The molecule has 1 aromatic rings. The van der Waals surface area contributed by atoms with Crippen LogP contribution in [-0.4, -0.2) is 41.8 Å². The minimum absolute atomic E-state index is 0.0209. The lowest BCUT2D eigenvalue weighted by Gasteiger charge is -2.19. The van der Waals surface area contributed by atoms with Gasteiger partial charge in [-0.25, -0.2) is 9.59 Å². The third-order valence-electron chi connectivity index (χ3n) is 2.54. The molecule has 0 bridgehead atoms. The highest BCUT2D eigenvalue weighted by Gasteiger charge is 2.28. The van der Waals surface area contributed by atoms with Gasteiger partial charge in [0.2, 0.25) is 0 Å². The van der Waals surface area contributed by atoms with Crippen molar-refractivity contribution in [2.45, 2.75) is 12.6 Å². The molecular weight excluding hydrogens is 313 g/mol. The van der Waals surface area contributed by atoms with Gasteiger partial charge in [0, 0.05) is 13.6 Å². The quantitative estimate of drug-likeness (QED) is 0.891. The zero-order valence-corrected chi connectivity index (χ0v) is 11.6. The fourth-order valence-electron chi connectivity index (χ4n) is 1.36. The maximum atomic E-state index is 12.1. The summed E-state index contributed by atoms with van der Waals surface area (Å²) in [6.45, 7) is -0.500. The molecule has 1 rings (SSSR count). The summed E-state index contributed by atoms with van der Waals surface area (Å²) in [6, 6.07) is 2.85. The first-order valence-electron chi connectivity index (χ1n) is 5.72. The van der Waals surface area contributed by atoms with Crippen LogP contribution in [0, 0.1) is 0 Å². The van der Waals surface area contributed by atoms with Gasteiger partial charge in [0.15, 0.2) is 0 Å². The number of hydrogen-bond acceptors (Lipinski definition) is 2. The van der Waals surface area contributed by atoms with Gasteiger partial charge in [-0.3, -0.25) is 0 Å². The van der Waals surface area contributed by atoms with Crippen molar-refractivity contribution in [2.75, 3.05) is 18.9 Å². The largest absolute Gasteiger partial charge is 0.478 e. The number of carboxylic acid groups (broad SMARTS) is 1. The summed E-state index contributed by atoms with van der Waals surface area (Å²) < 4.78 is 36.2. The van der Waals surface area contributed by atoms with E-state index in [4.69, 9.17) is 16.7 Å². The number of anilines is 1. The predicted molar refractivity (Wildman–Crippen MR) is 70.7 cm³/mol. The third kappa shape index (κ3) is 5.50. The van der Waals surface area contributed by atoms with Crippen molar-refractivity contribution in [3.05, 3.63) is 28.8 Å². The van der Waals surface area contributed by atoms with Crippen LogP contribution in [0.25, 0.3) is 0 Å². The fraction of sp³-hybridized carbons (Fsp3) is 0.333. The smallest absolute Gasteiger partial charge is 0.390 e. The number of amides is 2. The minimum atomic E-state index is -4.35. The Balaban J connectivity index is 2.68. The van der Waals surface area contributed by atoms with Crippen LogP contribution in [0.3, 0.4) is 0 Å². The van der Waals surface area contributed by atoms with E-state index in [2.05, 4.69) is 5.32 Å². The predicted octanol–water partition coefficient (Wildman–Crippen LogP) is 3.45. The topological polar surface area (TPSA) is 69.6 Å². The normalized spacial score (nSPS) is 11.1. The molecule has 0 aliphatic heterocycles. The van der Waals surface area contributed by atoms with Crippen LogP contribution < -0.4 is 5.32 Å². The summed E-state index contributed by atoms with van der Waals surface area (Å²) in [6.07, 6.45) is -5.47. The van der Waals surface area contributed by atoms with Crippen molar-refractivity contribution >= 4 is 29.3 Å². The number of nitrogens with zero attached hydrogens (tertiary/aromatic N) is 1. The molecule has 5 nitrogen and oxygen atoms in total. The molecule has 0 saturated carbocycles. The van der Waals surface area contributed by atoms with Gasteiger partial charge in [0.1, 0.15) is 0 Å². The molecule has 0 aliphatic rings. The van der Waals surface area contributed by atoms with Gasteiger partial charge in [-0.15, -0.1) is 0 Å². The number of nitrogens with one attached hydrogen (secondary N) is 1. The first-order chi connectivity index (χ1) is 9.60. The summed E-state index contributed by atoms with van der Waals surface area (Å²) in [5.41, 5.74) is 0.0500. The Labute approximate surface area is 123 Å². The van der Waals surface area contributed by atoms with Crippen molar-refractivity contribution in [2.24, 2.45) is 0 Å². The number of hydrogen-bond donors (Lipinski definition) is 2. The zero-order chi connectivity index (χ0) is 16.2. The van der Waals surface area contributed by atoms with Gasteiger partial charge in [0.05, 0.1) is 22.7 Å². The van der Waals surface area contributed by atoms with E-state index in [1.807, 2.05) is 0 Å². The molecule has 1 aromatic carbocycles. The highest BCUT2D eigenvalue weighted by atomic mass is 35.5. The van der Waals surface area contributed by atoms with Gasteiger partial charge < -0.3 is 15.3 Å². The first kappa shape index (κ1) is 17.1. The Morgan fingerprint density at radius 1 is 1.38 bits per heavy atom.